The molecule has 0 spiro atoms. The van der Waals surface area contributed by atoms with Crippen molar-refractivity contribution in [2.24, 2.45) is 0 Å². The van der Waals surface area contributed by atoms with Gasteiger partial charge in [0.05, 0.1) is 11.1 Å². The Morgan fingerprint density at radius 1 is 0.881 bits per heavy atom. The van der Waals surface area contributed by atoms with Crippen LogP contribution in [0.25, 0.3) is 0 Å². The topological polar surface area (TPSA) is 85.0 Å². The van der Waals surface area contributed by atoms with Crippen LogP contribution < -0.4 is 15.5 Å². The Balaban J connectivity index is 1.51. The Morgan fingerprint density at radius 2 is 1.57 bits per heavy atom. The van der Waals surface area contributed by atoms with E-state index in [0.29, 0.717) is 56.2 Å². The maximum atomic E-state index is 13.6. The standard InChI is InChI=1S/C31H40F3N5O3/c1-3-37(4-2)29(41)26-21-25(35-28(40)22-11-13-23(14-12-22)31(32,33)34)15-16-27(26)38-17-8-18-39(20-19-38)30(42)36-24-9-6-5-7-10-24/h11-16,21,24H,3-10,17-20H2,1-2H3,(H,35,40)(H,36,42). The van der Waals surface area contributed by atoms with Crippen molar-refractivity contribution in [1.82, 2.24) is 15.1 Å². The Morgan fingerprint density at radius 3 is 2.21 bits per heavy atom. The SMILES string of the molecule is CCN(CC)C(=O)c1cc(NC(=O)c2ccc(C(F)(F)F)cc2)ccc1N1CCCN(C(=O)NC2CCCCC2)CC1. The number of nitrogens with zero attached hydrogens (tertiary/aromatic N) is 3. The molecule has 1 aliphatic heterocycles. The van der Waals surface area contributed by atoms with Crippen LogP contribution in [0.3, 0.4) is 0 Å². The minimum absolute atomic E-state index is 0.0375. The Hall–Kier alpha value is -3.76. The Labute approximate surface area is 245 Å². The van der Waals surface area contributed by atoms with Gasteiger partial charge in [-0.2, -0.15) is 13.2 Å². The molecule has 2 fully saturated rings. The Bertz CT molecular complexity index is 1240. The van der Waals surface area contributed by atoms with Crippen LogP contribution in [0.4, 0.5) is 29.3 Å². The fraction of sp³-hybridized carbons (Fsp3) is 0.516. The molecule has 4 amide bonds. The van der Waals surface area contributed by atoms with Crippen molar-refractivity contribution in [3.8, 4) is 0 Å². The van der Waals surface area contributed by atoms with Gasteiger partial charge in [-0.15, -0.1) is 0 Å². The minimum atomic E-state index is -4.49. The van der Waals surface area contributed by atoms with Gasteiger partial charge in [0.25, 0.3) is 11.8 Å². The summed E-state index contributed by atoms with van der Waals surface area (Å²) in [7, 11) is 0. The highest BCUT2D eigenvalue weighted by Crippen LogP contribution is 2.30. The number of urea groups is 1. The Kier molecular flexibility index (Phi) is 10.3. The highest BCUT2D eigenvalue weighted by molar-refractivity contribution is 6.06. The van der Waals surface area contributed by atoms with E-state index in [0.717, 1.165) is 56.4 Å². The second-order valence-electron chi connectivity index (χ2n) is 10.9. The van der Waals surface area contributed by atoms with Crippen molar-refractivity contribution in [3.05, 3.63) is 59.2 Å². The lowest BCUT2D eigenvalue weighted by Crippen LogP contribution is -2.46. The lowest BCUT2D eigenvalue weighted by Gasteiger charge is -2.29. The monoisotopic (exact) mass is 587 g/mol. The molecule has 42 heavy (non-hydrogen) atoms. The number of amides is 4. The van der Waals surface area contributed by atoms with Crippen LogP contribution in [0.2, 0.25) is 0 Å². The first-order valence-corrected chi connectivity index (χ1v) is 14.8. The number of hydrogen-bond donors (Lipinski definition) is 2. The van der Waals surface area contributed by atoms with Gasteiger partial charge in [-0.25, -0.2) is 4.79 Å². The summed E-state index contributed by atoms with van der Waals surface area (Å²) in [4.78, 5) is 45.1. The molecule has 1 saturated heterocycles. The number of benzene rings is 2. The normalized spacial score (nSPS) is 16.5. The average molecular weight is 588 g/mol. The molecule has 2 aromatic rings. The predicted octanol–water partition coefficient (Wildman–Crippen LogP) is 5.99. The first kappa shape index (κ1) is 31.2. The van der Waals surface area contributed by atoms with Crippen molar-refractivity contribution in [2.45, 2.75) is 64.6 Å². The number of anilines is 2. The van der Waals surface area contributed by atoms with Crippen molar-refractivity contribution in [1.29, 1.82) is 0 Å². The van der Waals surface area contributed by atoms with E-state index < -0.39 is 17.6 Å². The third kappa shape index (κ3) is 7.74. The summed E-state index contributed by atoms with van der Waals surface area (Å²) in [5, 5.41) is 5.91. The van der Waals surface area contributed by atoms with Gasteiger partial charge in [0.2, 0.25) is 0 Å². The van der Waals surface area contributed by atoms with Gasteiger partial charge < -0.3 is 25.3 Å². The fourth-order valence-electron chi connectivity index (χ4n) is 5.63. The van der Waals surface area contributed by atoms with Gasteiger partial charge in [0.1, 0.15) is 0 Å². The van der Waals surface area contributed by atoms with Gasteiger partial charge in [0, 0.05) is 62.2 Å². The zero-order valence-corrected chi connectivity index (χ0v) is 24.3. The smallest absolute Gasteiger partial charge is 0.369 e. The lowest BCUT2D eigenvalue weighted by atomic mass is 9.96. The summed E-state index contributed by atoms with van der Waals surface area (Å²) in [5.41, 5.74) is 0.737. The highest BCUT2D eigenvalue weighted by atomic mass is 19.4. The second-order valence-corrected chi connectivity index (χ2v) is 10.9. The molecule has 8 nitrogen and oxygen atoms in total. The van der Waals surface area contributed by atoms with E-state index in [9.17, 15) is 27.6 Å². The molecule has 0 radical (unpaired) electrons. The van der Waals surface area contributed by atoms with Crippen LogP contribution in [0.15, 0.2) is 42.5 Å². The molecule has 0 aromatic heterocycles. The van der Waals surface area contributed by atoms with Gasteiger partial charge in [-0.1, -0.05) is 19.3 Å². The summed E-state index contributed by atoms with van der Waals surface area (Å²) in [6.07, 6.45) is 1.79. The molecule has 1 heterocycles. The fourth-order valence-corrected chi connectivity index (χ4v) is 5.63. The van der Waals surface area contributed by atoms with Crippen molar-refractivity contribution < 1.29 is 27.6 Å². The van der Waals surface area contributed by atoms with E-state index in [1.807, 2.05) is 18.7 Å². The molecule has 2 aliphatic rings. The molecule has 0 unspecified atom stereocenters. The third-order valence-electron chi connectivity index (χ3n) is 8.07. The molecule has 1 saturated carbocycles. The number of rotatable bonds is 7. The van der Waals surface area contributed by atoms with Gasteiger partial charge in [-0.3, -0.25) is 9.59 Å². The van der Waals surface area contributed by atoms with Crippen molar-refractivity contribution in [2.75, 3.05) is 49.5 Å². The zero-order valence-electron chi connectivity index (χ0n) is 24.3. The van der Waals surface area contributed by atoms with Crippen molar-refractivity contribution >= 4 is 29.2 Å². The average Bonchev–Trinajstić information content (AvgIpc) is 3.24. The van der Waals surface area contributed by atoms with Gasteiger partial charge in [0.15, 0.2) is 0 Å². The summed E-state index contributed by atoms with van der Waals surface area (Å²) in [6, 6.07) is 9.28. The van der Waals surface area contributed by atoms with Crippen LogP contribution >= 0.6 is 0 Å². The van der Waals surface area contributed by atoms with E-state index in [1.54, 1.807) is 23.1 Å². The van der Waals surface area contributed by atoms with Gasteiger partial charge in [-0.05, 0) is 75.6 Å². The van der Waals surface area contributed by atoms with Crippen LogP contribution in [-0.2, 0) is 6.18 Å². The lowest BCUT2D eigenvalue weighted by molar-refractivity contribution is -0.137. The number of carbonyl (C=O) groups is 3. The quantitative estimate of drug-likeness (QED) is 0.417. The van der Waals surface area contributed by atoms with E-state index in [2.05, 4.69) is 15.5 Å². The molecule has 2 N–H and O–H groups in total. The number of carbonyl (C=O) groups excluding carboxylic acids is 3. The molecular formula is C31H40F3N5O3. The molecule has 11 heteroatoms. The first-order valence-electron chi connectivity index (χ1n) is 14.8. The summed E-state index contributed by atoms with van der Waals surface area (Å²) < 4.78 is 38.8. The second kappa shape index (κ2) is 13.9. The predicted molar refractivity (Wildman–Crippen MR) is 157 cm³/mol. The highest BCUT2D eigenvalue weighted by Gasteiger charge is 2.30. The number of nitrogens with one attached hydrogen (secondary N) is 2. The van der Waals surface area contributed by atoms with Crippen LogP contribution in [0.1, 0.15) is 78.7 Å². The molecule has 0 atom stereocenters. The maximum absolute atomic E-state index is 13.6. The van der Waals surface area contributed by atoms with Crippen LogP contribution in [0.5, 0.6) is 0 Å². The van der Waals surface area contributed by atoms with E-state index >= 15 is 0 Å². The number of hydrogen-bond acceptors (Lipinski definition) is 4. The van der Waals surface area contributed by atoms with E-state index in [-0.39, 0.29) is 23.5 Å². The first-order chi connectivity index (χ1) is 20.1. The largest absolute Gasteiger partial charge is 0.416 e. The van der Waals surface area contributed by atoms with Crippen LogP contribution in [-0.4, -0.2) is 73.0 Å². The minimum Gasteiger partial charge on any atom is -0.369 e. The molecule has 2 aromatic carbocycles. The number of alkyl halides is 3. The molecule has 1 aliphatic carbocycles. The molecule has 228 valence electrons. The van der Waals surface area contributed by atoms with Gasteiger partial charge >= 0.3 is 12.2 Å². The molecule has 4 rings (SSSR count). The van der Waals surface area contributed by atoms with E-state index in [1.165, 1.54) is 6.42 Å². The van der Waals surface area contributed by atoms with E-state index in [4.69, 9.17) is 0 Å². The third-order valence-corrected chi connectivity index (χ3v) is 8.07. The summed E-state index contributed by atoms with van der Waals surface area (Å²) in [5.74, 6) is -0.760. The van der Waals surface area contributed by atoms with Crippen molar-refractivity contribution in [3.63, 3.8) is 0 Å². The zero-order chi connectivity index (χ0) is 30.3. The molecule has 0 bridgehead atoms. The molecular weight excluding hydrogens is 547 g/mol. The maximum Gasteiger partial charge on any atom is 0.416 e. The number of halogens is 3. The van der Waals surface area contributed by atoms with Crippen LogP contribution in [0, 0.1) is 0 Å². The summed E-state index contributed by atoms with van der Waals surface area (Å²) in [6.45, 7) is 7.15. The summed E-state index contributed by atoms with van der Waals surface area (Å²) >= 11 is 0.